The van der Waals surface area contributed by atoms with Gasteiger partial charge in [0.1, 0.15) is 5.82 Å². The molecule has 0 saturated heterocycles. The largest absolute Gasteiger partial charge is 0.355 e. The molecule has 0 amide bonds. The van der Waals surface area contributed by atoms with E-state index in [0.29, 0.717) is 6.04 Å². The molecule has 0 fully saturated rings. The highest BCUT2D eigenvalue weighted by Gasteiger charge is 2.07. The number of rotatable bonds is 6. The number of anilines is 1. The van der Waals surface area contributed by atoms with E-state index in [1.807, 2.05) is 31.4 Å². The number of halogens is 1. The van der Waals surface area contributed by atoms with Crippen LogP contribution in [0.1, 0.15) is 31.0 Å². The maximum atomic E-state index is 6.02. The van der Waals surface area contributed by atoms with Crippen LogP contribution in [-0.4, -0.2) is 18.6 Å². The van der Waals surface area contributed by atoms with E-state index in [1.165, 1.54) is 11.1 Å². The summed E-state index contributed by atoms with van der Waals surface area (Å²) < 4.78 is 0. The van der Waals surface area contributed by atoms with Crippen molar-refractivity contribution in [2.75, 3.05) is 18.5 Å². The normalized spacial score (nSPS) is 12.2. The molecule has 1 unspecified atom stereocenters. The number of hydrogen-bond acceptors (Lipinski definition) is 3. The number of benzene rings is 1. The molecule has 0 bridgehead atoms. The molecular formula is C17H22ClN3. The van der Waals surface area contributed by atoms with Crippen LogP contribution in [0.15, 0.2) is 42.6 Å². The number of aromatic nitrogens is 1. The van der Waals surface area contributed by atoms with E-state index in [-0.39, 0.29) is 0 Å². The topological polar surface area (TPSA) is 28.2 Å². The van der Waals surface area contributed by atoms with Crippen molar-refractivity contribution in [3.05, 3.63) is 58.7 Å². The highest BCUT2D eigenvalue weighted by atomic mass is 35.5. The van der Waals surface area contributed by atoms with Gasteiger partial charge in [-0.1, -0.05) is 36.7 Å². The molecule has 0 saturated carbocycles. The molecule has 0 spiro atoms. The fourth-order valence-corrected chi connectivity index (χ4v) is 2.51. The lowest BCUT2D eigenvalue weighted by Crippen LogP contribution is -2.20. The minimum absolute atomic E-state index is 0.329. The minimum Gasteiger partial charge on any atom is -0.355 e. The van der Waals surface area contributed by atoms with Gasteiger partial charge in [0.2, 0.25) is 0 Å². The average molecular weight is 304 g/mol. The van der Waals surface area contributed by atoms with Crippen molar-refractivity contribution < 1.29 is 0 Å². The van der Waals surface area contributed by atoms with Gasteiger partial charge in [0.25, 0.3) is 0 Å². The molecule has 3 nitrogen and oxygen atoms in total. The first-order valence-electron chi connectivity index (χ1n) is 7.25. The highest BCUT2D eigenvalue weighted by molar-refractivity contribution is 6.30. The van der Waals surface area contributed by atoms with E-state index in [2.05, 4.69) is 47.2 Å². The summed E-state index contributed by atoms with van der Waals surface area (Å²) in [5, 5.41) is 4.16. The Morgan fingerprint density at radius 3 is 2.71 bits per heavy atom. The average Bonchev–Trinajstić information content (AvgIpc) is 2.47. The Morgan fingerprint density at radius 1 is 1.29 bits per heavy atom. The summed E-state index contributed by atoms with van der Waals surface area (Å²) in [7, 11) is 2.04. The maximum absolute atomic E-state index is 6.02. The molecule has 1 atom stereocenters. The Morgan fingerprint density at radius 2 is 2.10 bits per heavy atom. The second kappa shape index (κ2) is 7.43. The molecule has 0 radical (unpaired) electrons. The lowest BCUT2D eigenvalue weighted by atomic mass is 10.1. The lowest BCUT2D eigenvalue weighted by Gasteiger charge is -2.19. The smallest absolute Gasteiger partial charge is 0.128 e. The van der Waals surface area contributed by atoms with Gasteiger partial charge in [-0.15, -0.1) is 0 Å². The standard InChI is InChI=1S/C17H22ClN3/c1-4-19-13(2)15-8-9-17(20-11-15)21(3)12-14-6-5-7-16(18)10-14/h5-11,13,19H,4,12H2,1-3H3. The first kappa shape index (κ1) is 15.8. The zero-order valence-electron chi connectivity index (χ0n) is 12.8. The summed E-state index contributed by atoms with van der Waals surface area (Å²) in [6.07, 6.45) is 1.94. The third-order valence-corrected chi connectivity index (χ3v) is 3.72. The molecule has 1 aromatic heterocycles. The summed E-state index contributed by atoms with van der Waals surface area (Å²) in [6, 6.07) is 12.4. The second-order valence-corrected chi connectivity index (χ2v) is 5.65. The maximum Gasteiger partial charge on any atom is 0.128 e. The summed E-state index contributed by atoms with van der Waals surface area (Å²) >= 11 is 6.02. The predicted octanol–water partition coefficient (Wildman–Crippen LogP) is 4.04. The SMILES string of the molecule is CCNC(C)c1ccc(N(C)Cc2cccc(Cl)c2)nc1. The fourth-order valence-electron chi connectivity index (χ4n) is 2.29. The minimum atomic E-state index is 0.329. The molecule has 21 heavy (non-hydrogen) atoms. The van der Waals surface area contributed by atoms with Gasteiger partial charge < -0.3 is 10.2 Å². The zero-order chi connectivity index (χ0) is 15.2. The van der Waals surface area contributed by atoms with Crippen LogP contribution >= 0.6 is 11.6 Å². The van der Waals surface area contributed by atoms with Gasteiger partial charge in [0, 0.05) is 30.9 Å². The molecule has 1 heterocycles. The first-order chi connectivity index (χ1) is 10.1. The van der Waals surface area contributed by atoms with Crippen LogP contribution in [0, 0.1) is 0 Å². The summed E-state index contributed by atoms with van der Waals surface area (Å²) in [6.45, 7) is 6.00. The van der Waals surface area contributed by atoms with Gasteiger partial charge in [-0.3, -0.25) is 0 Å². The summed E-state index contributed by atoms with van der Waals surface area (Å²) in [5.74, 6) is 0.961. The first-order valence-corrected chi connectivity index (χ1v) is 7.63. The van der Waals surface area contributed by atoms with Gasteiger partial charge in [-0.2, -0.15) is 0 Å². The van der Waals surface area contributed by atoms with Crippen LogP contribution in [-0.2, 0) is 6.54 Å². The summed E-state index contributed by atoms with van der Waals surface area (Å²) in [4.78, 5) is 6.67. The van der Waals surface area contributed by atoms with Crippen molar-refractivity contribution in [3.8, 4) is 0 Å². The third kappa shape index (κ3) is 4.45. The van der Waals surface area contributed by atoms with Crippen LogP contribution in [0.3, 0.4) is 0 Å². The van der Waals surface area contributed by atoms with Crippen molar-refractivity contribution in [2.24, 2.45) is 0 Å². The molecule has 4 heteroatoms. The van der Waals surface area contributed by atoms with E-state index in [4.69, 9.17) is 11.6 Å². The molecule has 1 N–H and O–H groups in total. The molecule has 2 rings (SSSR count). The van der Waals surface area contributed by atoms with Gasteiger partial charge in [0.05, 0.1) is 0 Å². The van der Waals surface area contributed by atoms with Gasteiger partial charge in [-0.25, -0.2) is 4.98 Å². The molecule has 2 aromatic rings. The lowest BCUT2D eigenvalue weighted by molar-refractivity contribution is 0.596. The van der Waals surface area contributed by atoms with Crippen LogP contribution in [0.4, 0.5) is 5.82 Å². The Labute approximate surface area is 132 Å². The Kier molecular flexibility index (Phi) is 5.59. The van der Waals surface area contributed by atoms with E-state index in [1.54, 1.807) is 0 Å². The van der Waals surface area contributed by atoms with Gasteiger partial charge in [-0.05, 0) is 42.8 Å². The molecular weight excluding hydrogens is 282 g/mol. The van der Waals surface area contributed by atoms with E-state index < -0.39 is 0 Å². The van der Waals surface area contributed by atoms with Crippen molar-refractivity contribution in [1.29, 1.82) is 0 Å². The van der Waals surface area contributed by atoms with Crippen molar-refractivity contribution >= 4 is 17.4 Å². The molecule has 0 aliphatic carbocycles. The van der Waals surface area contributed by atoms with Gasteiger partial charge in [0.15, 0.2) is 0 Å². The van der Waals surface area contributed by atoms with Crippen LogP contribution < -0.4 is 10.2 Å². The Balaban J connectivity index is 2.04. The van der Waals surface area contributed by atoms with Crippen LogP contribution in [0.25, 0.3) is 0 Å². The fraction of sp³-hybridized carbons (Fsp3) is 0.353. The van der Waals surface area contributed by atoms with Crippen molar-refractivity contribution in [2.45, 2.75) is 26.4 Å². The molecule has 112 valence electrons. The molecule has 0 aliphatic rings. The van der Waals surface area contributed by atoms with Crippen molar-refractivity contribution in [3.63, 3.8) is 0 Å². The number of hydrogen-bond donors (Lipinski definition) is 1. The van der Waals surface area contributed by atoms with Crippen LogP contribution in [0.2, 0.25) is 5.02 Å². The monoisotopic (exact) mass is 303 g/mol. The quantitative estimate of drug-likeness (QED) is 0.873. The predicted molar refractivity (Wildman–Crippen MR) is 89.9 cm³/mol. The Hall–Kier alpha value is -1.58. The zero-order valence-corrected chi connectivity index (χ0v) is 13.6. The third-order valence-electron chi connectivity index (χ3n) is 3.48. The van der Waals surface area contributed by atoms with E-state index in [9.17, 15) is 0 Å². The van der Waals surface area contributed by atoms with Crippen molar-refractivity contribution in [1.82, 2.24) is 10.3 Å². The number of pyridine rings is 1. The van der Waals surface area contributed by atoms with E-state index >= 15 is 0 Å². The second-order valence-electron chi connectivity index (χ2n) is 5.22. The molecule has 0 aliphatic heterocycles. The molecule has 1 aromatic carbocycles. The van der Waals surface area contributed by atoms with Gasteiger partial charge >= 0.3 is 0 Å². The van der Waals surface area contributed by atoms with Crippen LogP contribution in [0.5, 0.6) is 0 Å². The number of nitrogens with one attached hydrogen (secondary N) is 1. The summed E-state index contributed by atoms with van der Waals surface area (Å²) in [5.41, 5.74) is 2.38. The van der Waals surface area contributed by atoms with E-state index in [0.717, 1.165) is 23.9 Å². The highest BCUT2D eigenvalue weighted by Crippen LogP contribution is 2.18. The number of nitrogens with zero attached hydrogens (tertiary/aromatic N) is 2. The Bertz CT molecular complexity index is 569.